The van der Waals surface area contributed by atoms with Crippen LogP contribution in [0.5, 0.6) is 5.75 Å². The molecule has 0 bridgehead atoms. The lowest BCUT2D eigenvalue weighted by Crippen LogP contribution is -2.13. The number of nitrogens with zero attached hydrogens (tertiary/aromatic N) is 2. The van der Waals surface area contributed by atoms with Crippen molar-refractivity contribution >= 4 is 27.9 Å². The predicted octanol–water partition coefficient (Wildman–Crippen LogP) is 2.97. The molecule has 0 saturated carbocycles. The van der Waals surface area contributed by atoms with Gasteiger partial charge in [0.25, 0.3) is 5.91 Å². The topological polar surface area (TPSA) is 55.6 Å². The van der Waals surface area contributed by atoms with Crippen molar-refractivity contribution in [1.82, 2.24) is 9.38 Å². The highest BCUT2D eigenvalue weighted by Gasteiger charge is 2.14. The second-order valence-corrected chi connectivity index (χ2v) is 5.15. The van der Waals surface area contributed by atoms with Crippen LogP contribution >= 0.6 is 11.3 Å². The average Bonchev–Trinajstić information content (AvgIpc) is 3.02. The second-order valence-electron chi connectivity index (χ2n) is 4.31. The molecule has 20 heavy (non-hydrogen) atoms. The molecule has 0 unspecified atom stereocenters. The number of methoxy groups -OCH3 is 1. The number of benzene rings is 1. The fraction of sp³-hybridized carbons (Fsp3) is 0.143. The first-order valence-corrected chi connectivity index (χ1v) is 6.94. The molecule has 0 atom stereocenters. The highest BCUT2D eigenvalue weighted by atomic mass is 32.1. The van der Waals surface area contributed by atoms with Crippen molar-refractivity contribution in [3.8, 4) is 5.75 Å². The molecule has 0 aliphatic rings. The molecule has 3 aromatic rings. The molecular formula is C14H13N3O2S. The Balaban J connectivity index is 1.88. The van der Waals surface area contributed by atoms with Crippen LogP contribution in [0, 0.1) is 6.92 Å². The summed E-state index contributed by atoms with van der Waals surface area (Å²) in [6.45, 7) is 1.98. The third-order valence-corrected chi connectivity index (χ3v) is 3.93. The molecule has 0 aliphatic heterocycles. The molecule has 0 fully saturated rings. The summed E-state index contributed by atoms with van der Waals surface area (Å²) in [5, 5.41) is 4.82. The number of aromatic nitrogens is 2. The number of imidazole rings is 1. The summed E-state index contributed by atoms with van der Waals surface area (Å²) in [6.07, 6.45) is 1.74. The fourth-order valence-electron chi connectivity index (χ4n) is 1.94. The van der Waals surface area contributed by atoms with E-state index in [9.17, 15) is 4.79 Å². The normalized spacial score (nSPS) is 10.7. The van der Waals surface area contributed by atoms with Crippen LogP contribution in [0.4, 0.5) is 5.69 Å². The van der Waals surface area contributed by atoms with Gasteiger partial charge in [-0.25, -0.2) is 4.98 Å². The van der Waals surface area contributed by atoms with Crippen LogP contribution in [-0.4, -0.2) is 22.4 Å². The van der Waals surface area contributed by atoms with Crippen molar-refractivity contribution in [2.75, 3.05) is 12.4 Å². The average molecular weight is 287 g/mol. The van der Waals surface area contributed by atoms with E-state index in [1.54, 1.807) is 25.4 Å². The largest absolute Gasteiger partial charge is 0.495 e. The lowest BCUT2D eigenvalue weighted by Gasteiger charge is -2.08. The molecule has 6 heteroatoms. The number of hydrogen-bond donors (Lipinski definition) is 1. The molecule has 0 saturated heterocycles. The minimum absolute atomic E-state index is 0.246. The molecule has 1 aromatic carbocycles. The number of hydrogen-bond acceptors (Lipinski definition) is 4. The van der Waals surface area contributed by atoms with Gasteiger partial charge in [0.05, 0.1) is 12.8 Å². The van der Waals surface area contributed by atoms with Crippen LogP contribution in [0.15, 0.2) is 35.8 Å². The Hall–Kier alpha value is -2.34. The Morgan fingerprint density at radius 1 is 1.40 bits per heavy atom. The lowest BCUT2D eigenvalue weighted by molar-refractivity contribution is 0.102. The van der Waals surface area contributed by atoms with Gasteiger partial charge in [-0.1, -0.05) is 12.1 Å². The summed E-state index contributed by atoms with van der Waals surface area (Å²) in [4.78, 5) is 17.3. The van der Waals surface area contributed by atoms with E-state index in [2.05, 4.69) is 10.3 Å². The van der Waals surface area contributed by atoms with Gasteiger partial charge in [0.1, 0.15) is 11.4 Å². The zero-order valence-electron chi connectivity index (χ0n) is 11.1. The number of fused-ring (bicyclic) bond motifs is 1. The first-order valence-electron chi connectivity index (χ1n) is 6.06. The Morgan fingerprint density at radius 2 is 2.20 bits per heavy atom. The summed E-state index contributed by atoms with van der Waals surface area (Å²) in [7, 11) is 1.57. The van der Waals surface area contributed by atoms with Crippen LogP contribution < -0.4 is 10.1 Å². The van der Waals surface area contributed by atoms with Gasteiger partial charge in [0, 0.05) is 17.3 Å². The molecule has 2 heterocycles. The van der Waals surface area contributed by atoms with Crippen LogP contribution in [0.2, 0.25) is 0 Å². The van der Waals surface area contributed by atoms with Crippen LogP contribution in [-0.2, 0) is 0 Å². The standard InChI is InChI=1S/C14H13N3O2S/c1-9-8-20-14-16-11(7-17(9)14)13(18)15-10-5-3-4-6-12(10)19-2/h3-8H,1-2H3,(H,15,18). The smallest absolute Gasteiger partial charge is 0.276 e. The van der Waals surface area contributed by atoms with Crippen molar-refractivity contribution in [2.24, 2.45) is 0 Å². The van der Waals surface area contributed by atoms with Crippen LogP contribution in [0.3, 0.4) is 0 Å². The van der Waals surface area contributed by atoms with Gasteiger partial charge in [-0.15, -0.1) is 11.3 Å². The molecule has 2 aromatic heterocycles. The maximum atomic E-state index is 12.2. The van der Waals surface area contributed by atoms with Crippen LogP contribution in [0.25, 0.3) is 4.96 Å². The van der Waals surface area contributed by atoms with E-state index in [0.29, 0.717) is 17.1 Å². The molecule has 3 rings (SSSR count). The van der Waals surface area contributed by atoms with Crippen molar-refractivity contribution in [3.05, 3.63) is 47.2 Å². The maximum Gasteiger partial charge on any atom is 0.276 e. The number of thiazole rings is 1. The summed E-state index contributed by atoms with van der Waals surface area (Å²) in [6, 6.07) is 7.28. The van der Waals surface area contributed by atoms with E-state index >= 15 is 0 Å². The van der Waals surface area contributed by atoms with Crippen molar-refractivity contribution in [3.63, 3.8) is 0 Å². The number of ether oxygens (including phenoxy) is 1. The van der Waals surface area contributed by atoms with E-state index < -0.39 is 0 Å². The van der Waals surface area contributed by atoms with Crippen molar-refractivity contribution in [1.29, 1.82) is 0 Å². The first-order chi connectivity index (χ1) is 9.69. The Bertz CT molecular complexity index is 776. The van der Waals surface area contributed by atoms with Gasteiger partial charge in [0.2, 0.25) is 0 Å². The number of carbonyl (C=O) groups is 1. The van der Waals surface area contributed by atoms with Crippen molar-refractivity contribution < 1.29 is 9.53 Å². The summed E-state index contributed by atoms with van der Waals surface area (Å²) in [5.74, 6) is 0.378. The Labute approximate surface area is 119 Å². The summed E-state index contributed by atoms with van der Waals surface area (Å²) >= 11 is 1.51. The second kappa shape index (κ2) is 4.97. The molecule has 102 valence electrons. The molecule has 0 radical (unpaired) electrons. The SMILES string of the molecule is COc1ccccc1NC(=O)c1cn2c(C)csc2n1. The number of amides is 1. The number of para-hydroxylation sites is 2. The summed E-state index contributed by atoms with van der Waals surface area (Å²) in [5.41, 5.74) is 2.09. The van der Waals surface area contributed by atoms with Crippen LogP contribution in [0.1, 0.15) is 16.2 Å². The maximum absolute atomic E-state index is 12.2. The van der Waals surface area contributed by atoms with E-state index in [0.717, 1.165) is 10.7 Å². The van der Waals surface area contributed by atoms with E-state index in [1.165, 1.54) is 11.3 Å². The molecule has 0 aliphatic carbocycles. The number of nitrogens with one attached hydrogen (secondary N) is 1. The van der Waals surface area contributed by atoms with Gasteiger partial charge in [-0.2, -0.15) is 0 Å². The fourth-order valence-corrected chi connectivity index (χ4v) is 2.79. The number of anilines is 1. The Morgan fingerprint density at radius 3 is 2.95 bits per heavy atom. The summed E-state index contributed by atoms with van der Waals surface area (Å²) < 4.78 is 7.11. The van der Waals surface area contributed by atoms with E-state index in [4.69, 9.17) is 4.74 Å². The van der Waals surface area contributed by atoms with Gasteiger partial charge in [-0.3, -0.25) is 9.20 Å². The number of carbonyl (C=O) groups excluding carboxylic acids is 1. The molecule has 0 spiro atoms. The zero-order chi connectivity index (χ0) is 14.1. The number of rotatable bonds is 3. The van der Waals surface area contributed by atoms with Gasteiger partial charge >= 0.3 is 0 Å². The highest BCUT2D eigenvalue weighted by Crippen LogP contribution is 2.24. The lowest BCUT2D eigenvalue weighted by atomic mass is 10.3. The molecule has 5 nitrogen and oxygen atoms in total. The molecular weight excluding hydrogens is 274 g/mol. The quantitative estimate of drug-likeness (QED) is 0.805. The van der Waals surface area contributed by atoms with Gasteiger partial charge < -0.3 is 10.1 Å². The molecule has 1 amide bonds. The van der Waals surface area contributed by atoms with E-state index in [-0.39, 0.29) is 5.91 Å². The Kier molecular flexibility index (Phi) is 3.15. The van der Waals surface area contributed by atoms with E-state index in [1.807, 2.05) is 28.8 Å². The van der Waals surface area contributed by atoms with Gasteiger partial charge in [0.15, 0.2) is 4.96 Å². The zero-order valence-corrected chi connectivity index (χ0v) is 11.9. The first kappa shape index (κ1) is 12.7. The number of aryl methyl sites for hydroxylation is 1. The third-order valence-electron chi connectivity index (χ3n) is 2.98. The monoisotopic (exact) mass is 287 g/mol. The highest BCUT2D eigenvalue weighted by molar-refractivity contribution is 7.15. The van der Waals surface area contributed by atoms with Gasteiger partial charge in [-0.05, 0) is 19.1 Å². The van der Waals surface area contributed by atoms with Crippen molar-refractivity contribution in [2.45, 2.75) is 6.92 Å². The molecule has 1 N–H and O–H groups in total. The predicted molar refractivity (Wildman–Crippen MR) is 78.8 cm³/mol. The third kappa shape index (κ3) is 2.14. The minimum Gasteiger partial charge on any atom is -0.495 e. The minimum atomic E-state index is -0.246.